The zero-order valence-corrected chi connectivity index (χ0v) is 14.6. The van der Waals surface area contributed by atoms with E-state index < -0.39 is 0 Å². The molecule has 0 spiro atoms. The number of anilines is 1. The predicted molar refractivity (Wildman–Crippen MR) is 90.9 cm³/mol. The molecule has 2 aromatic rings. The van der Waals surface area contributed by atoms with E-state index in [4.69, 9.17) is 0 Å². The van der Waals surface area contributed by atoms with Gasteiger partial charge >= 0.3 is 0 Å². The van der Waals surface area contributed by atoms with Crippen molar-refractivity contribution in [2.45, 2.75) is 32.9 Å². The fraction of sp³-hybridized carbons (Fsp3) is 0.312. The number of benzene rings is 1. The van der Waals surface area contributed by atoms with Crippen LogP contribution in [0.2, 0.25) is 0 Å². The number of rotatable bonds is 3. The first-order valence-electron chi connectivity index (χ1n) is 6.89. The second-order valence-electron chi connectivity index (χ2n) is 5.41. The number of carbonyl (C=O) groups excluding carboxylic acids is 1. The number of fused-ring (bicyclic) bond motifs is 1. The van der Waals surface area contributed by atoms with Gasteiger partial charge < -0.3 is 5.32 Å². The highest BCUT2D eigenvalue weighted by atomic mass is 79.9. The molecular weight excluding hydrogens is 348 g/mol. The fourth-order valence-corrected chi connectivity index (χ4v) is 4.22. The Balaban J connectivity index is 1.87. The third kappa shape index (κ3) is 2.78. The number of hydrogen-bond donors (Lipinski definition) is 2. The van der Waals surface area contributed by atoms with Gasteiger partial charge in [0.25, 0.3) is 0 Å². The predicted octanol–water partition coefficient (Wildman–Crippen LogP) is 4.47. The third-order valence-corrected chi connectivity index (χ3v) is 5.28. The Morgan fingerprint density at radius 3 is 2.76 bits per heavy atom. The maximum absolute atomic E-state index is 12.2. The molecular formula is C16H17BrN2OS. The van der Waals surface area contributed by atoms with Crippen molar-refractivity contribution in [3.05, 3.63) is 49.6 Å². The van der Waals surface area contributed by atoms with E-state index in [1.165, 1.54) is 15.3 Å². The van der Waals surface area contributed by atoms with Gasteiger partial charge in [-0.15, -0.1) is 11.3 Å². The van der Waals surface area contributed by atoms with Gasteiger partial charge in [0.1, 0.15) is 6.04 Å². The van der Waals surface area contributed by atoms with Crippen LogP contribution >= 0.6 is 27.3 Å². The van der Waals surface area contributed by atoms with E-state index in [0.29, 0.717) is 0 Å². The molecule has 21 heavy (non-hydrogen) atoms. The molecule has 0 saturated carbocycles. The molecule has 2 atom stereocenters. The standard InChI is InChI=1S/C16H17BrN2OS/c1-8-6-12(10(3)21-8)9(2)18-15-13-7-11(17)4-5-14(13)19-16(15)20/h4-7,9,15,18H,1-3H3,(H,19,20). The van der Waals surface area contributed by atoms with Gasteiger partial charge in [-0.05, 0) is 50.6 Å². The SMILES string of the molecule is Cc1cc(C(C)NC2C(=O)Nc3ccc(Br)cc32)c(C)s1. The molecule has 110 valence electrons. The van der Waals surface area contributed by atoms with Gasteiger partial charge in [0, 0.05) is 31.5 Å². The first kappa shape index (κ1) is 14.8. The fourth-order valence-electron chi connectivity index (χ4n) is 2.82. The summed E-state index contributed by atoms with van der Waals surface area (Å²) < 4.78 is 0.986. The summed E-state index contributed by atoms with van der Waals surface area (Å²) in [6.45, 7) is 6.35. The zero-order valence-electron chi connectivity index (χ0n) is 12.2. The average Bonchev–Trinajstić information content (AvgIpc) is 2.90. The van der Waals surface area contributed by atoms with Crippen LogP contribution in [-0.2, 0) is 4.79 Å². The Morgan fingerprint density at radius 2 is 2.10 bits per heavy atom. The first-order chi connectivity index (χ1) is 9.95. The number of aryl methyl sites for hydroxylation is 2. The van der Waals surface area contributed by atoms with Crippen LogP contribution in [0, 0.1) is 13.8 Å². The normalized spacial score (nSPS) is 18.5. The molecule has 5 heteroatoms. The molecule has 1 aliphatic rings. The number of hydrogen-bond acceptors (Lipinski definition) is 3. The molecule has 2 N–H and O–H groups in total. The van der Waals surface area contributed by atoms with Crippen LogP contribution < -0.4 is 10.6 Å². The smallest absolute Gasteiger partial charge is 0.246 e. The number of amides is 1. The monoisotopic (exact) mass is 364 g/mol. The molecule has 1 amide bonds. The first-order valence-corrected chi connectivity index (χ1v) is 8.50. The van der Waals surface area contributed by atoms with E-state index in [2.05, 4.69) is 53.4 Å². The largest absolute Gasteiger partial charge is 0.324 e. The highest BCUT2D eigenvalue weighted by Gasteiger charge is 2.32. The summed E-state index contributed by atoms with van der Waals surface area (Å²) in [6, 6.07) is 7.92. The molecule has 0 saturated heterocycles. The van der Waals surface area contributed by atoms with E-state index >= 15 is 0 Å². The molecule has 2 unspecified atom stereocenters. The van der Waals surface area contributed by atoms with Crippen molar-refractivity contribution in [2.75, 3.05) is 5.32 Å². The van der Waals surface area contributed by atoms with Gasteiger partial charge in [0.05, 0.1) is 0 Å². The minimum absolute atomic E-state index is 0.0135. The summed E-state index contributed by atoms with van der Waals surface area (Å²) >= 11 is 5.27. The van der Waals surface area contributed by atoms with Crippen LogP contribution in [0.5, 0.6) is 0 Å². The van der Waals surface area contributed by atoms with Crippen LogP contribution in [0.1, 0.15) is 39.9 Å². The Bertz CT molecular complexity index is 710. The van der Waals surface area contributed by atoms with Crippen molar-refractivity contribution >= 4 is 38.9 Å². The summed E-state index contributed by atoms with van der Waals surface area (Å²) in [6.07, 6.45) is 0. The summed E-state index contributed by atoms with van der Waals surface area (Å²) in [5, 5.41) is 6.39. The average molecular weight is 365 g/mol. The molecule has 2 heterocycles. The minimum Gasteiger partial charge on any atom is -0.324 e. The van der Waals surface area contributed by atoms with Crippen molar-refractivity contribution in [1.29, 1.82) is 0 Å². The summed E-state index contributed by atoms with van der Waals surface area (Å²) in [5.41, 5.74) is 3.17. The lowest BCUT2D eigenvalue weighted by Crippen LogP contribution is -2.30. The zero-order chi connectivity index (χ0) is 15.1. The molecule has 0 aliphatic carbocycles. The molecule has 3 nitrogen and oxygen atoms in total. The topological polar surface area (TPSA) is 41.1 Å². The van der Waals surface area contributed by atoms with Gasteiger partial charge in [0.2, 0.25) is 5.91 Å². The Hall–Kier alpha value is -1.17. The second-order valence-corrected chi connectivity index (χ2v) is 7.79. The lowest BCUT2D eigenvalue weighted by atomic mass is 10.0. The summed E-state index contributed by atoms with van der Waals surface area (Å²) in [4.78, 5) is 14.8. The van der Waals surface area contributed by atoms with Crippen LogP contribution in [0.25, 0.3) is 0 Å². The van der Waals surface area contributed by atoms with Crippen LogP contribution in [0.4, 0.5) is 5.69 Å². The third-order valence-electron chi connectivity index (χ3n) is 3.81. The van der Waals surface area contributed by atoms with Crippen LogP contribution in [0.3, 0.4) is 0 Å². The van der Waals surface area contributed by atoms with Crippen molar-refractivity contribution < 1.29 is 4.79 Å². The molecule has 1 aromatic carbocycles. The molecule has 3 rings (SSSR count). The van der Waals surface area contributed by atoms with Crippen molar-refractivity contribution in [3.8, 4) is 0 Å². The van der Waals surface area contributed by atoms with Gasteiger partial charge in [-0.3, -0.25) is 10.1 Å². The van der Waals surface area contributed by atoms with Gasteiger partial charge in [0.15, 0.2) is 0 Å². The van der Waals surface area contributed by atoms with Crippen LogP contribution in [0.15, 0.2) is 28.7 Å². The van der Waals surface area contributed by atoms with E-state index in [9.17, 15) is 4.79 Å². The molecule has 1 aromatic heterocycles. The highest BCUT2D eigenvalue weighted by Crippen LogP contribution is 2.35. The lowest BCUT2D eigenvalue weighted by molar-refractivity contribution is -0.117. The second kappa shape index (κ2) is 5.55. The van der Waals surface area contributed by atoms with Crippen molar-refractivity contribution in [1.82, 2.24) is 5.32 Å². The summed E-state index contributed by atoms with van der Waals surface area (Å²) in [5.74, 6) is 0.0135. The van der Waals surface area contributed by atoms with E-state index in [1.807, 2.05) is 18.2 Å². The van der Waals surface area contributed by atoms with Gasteiger partial charge in [-0.2, -0.15) is 0 Å². The summed E-state index contributed by atoms with van der Waals surface area (Å²) in [7, 11) is 0. The molecule has 1 aliphatic heterocycles. The van der Waals surface area contributed by atoms with E-state index in [1.54, 1.807) is 11.3 Å². The molecule has 0 fully saturated rings. The van der Waals surface area contributed by atoms with E-state index in [0.717, 1.165) is 15.7 Å². The molecule has 0 bridgehead atoms. The maximum Gasteiger partial charge on any atom is 0.246 e. The molecule has 0 radical (unpaired) electrons. The highest BCUT2D eigenvalue weighted by molar-refractivity contribution is 9.10. The van der Waals surface area contributed by atoms with Crippen molar-refractivity contribution in [2.24, 2.45) is 0 Å². The quantitative estimate of drug-likeness (QED) is 0.843. The lowest BCUT2D eigenvalue weighted by Gasteiger charge is -2.19. The Labute approximate surface area is 136 Å². The minimum atomic E-state index is -0.299. The maximum atomic E-state index is 12.2. The number of nitrogens with one attached hydrogen (secondary N) is 2. The van der Waals surface area contributed by atoms with Gasteiger partial charge in [-0.1, -0.05) is 15.9 Å². The van der Waals surface area contributed by atoms with Crippen molar-refractivity contribution in [3.63, 3.8) is 0 Å². The Morgan fingerprint density at radius 1 is 1.33 bits per heavy atom. The van der Waals surface area contributed by atoms with Crippen LogP contribution in [-0.4, -0.2) is 5.91 Å². The Kier molecular flexibility index (Phi) is 3.90. The number of carbonyl (C=O) groups is 1. The van der Waals surface area contributed by atoms with E-state index in [-0.39, 0.29) is 18.0 Å². The van der Waals surface area contributed by atoms with Gasteiger partial charge in [-0.25, -0.2) is 0 Å². The number of halogens is 1. The number of thiophene rings is 1.